The summed E-state index contributed by atoms with van der Waals surface area (Å²) < 4.78 is 22.4. The number of aryl methyl sites for hydroxylation is 1. The fraction of sp³-hybridized carbons (Fsp3) is 0.550. The van der Waals surface area contributed by atoms with E-state index in [4.69, 9.17) is 4.74 Å². The van der Waals surface area contributed by atoms with E-state index in [1.165, 1.54) is 0 Å². The SMILES string of the molecule is CCc1ccc(-c2c(C(C)(C)C)cnn2C2CCOCC2)c(F)c1. The Bertz CT molecular complexity index is 709. The zero-order valence-corrected chi connectivity index (χ0v) is 15.1. The topological polar surface area (TPSA) is 27.1 Å². The van der Waals surface area contributed by atoms with Gasteiger partial charge in [-0.25, -0.2) is 4.39 Å². The average Bonchev–Trinajstić information content (AvgIpc) is 3.00. The van der Waals surface area contributed by atoms with Crippen LogP contribution in [0.2, 0.25) is 0 Å². The molecule has 1 saturated heterocycles. The first kappa shape index (κ1) is 17.2. The molecule has 0 spiro atoms. The average molecular weight is 330 g/mol. The molecule has 130 valence electrons. The second-order valence-corrected chi connectivity index (χ2v) is 7.61. The van der Waals surface area contributed by atoms with Crippen LogP contribution >= 0.6 is 0 Å². The van der Waals surface area contributed by atoms with Gasteiger partial charge in [-0.3, -0.25) is 4.68 Å². The third-order valence-corrected chi connectivity index (χ3v) is 4.84. The Hall–Kier alpha value is -1.68. The second-order valence-electron chi connectivity index (χ2n) is 7.61. The van der Waals surface area contributed by atoms with Gasteiger partial charge in [-0.15, -0.1) is 0 Å². The lowest BCUT2D eigenvalue weighted by Crippen LogP contribution is -2.22. The number of benzene rings is 1. The zero-order chi connectivity index (χ0) is 17.3. The van der Waals surface area contributed by atoms with Crippen molar-refractivity contribution in [3.8, 4) is 11.3 Å². The Kier molecular flexibility index (Phi) is 4.77. The van der Waals surface area contributed by atoms with Gasteiger partial charge < -0.3 is 4.74 Å². The molecule has 0 amide bonds. The molecular formula is C20H27FN2O. The van der Waals surface area contributed by atoms with Crippen molar-refractivity contribution >= 4 is 0 Å². The van der Waals surface area contributed by atoms with Gasteiger partial charge in [0, 0.05) is 24.3 Å². The summed E-state index contributed by atoms with van der Waals surface area (Å²) in [5, 5.41) is 4.66. The smallest absolute Gasteiger partial charge is 0.132 e. The molecule has 0 radical (unpaired) electrons. The van der Waals surface area contributed by atoms with Gasteiger partial charge in [0.05, 0.1) is 17.9 Å². The molecule has 1 aliphatic rings. The molecular weight excluding hydrogens is 303 g/mol. The molecule has 0 aliphatic carbocycles. The number of hydrogen-bond acceptors (Lipinski definition) is 2. The van der Waals surface area contributed by atoms with E-state index >= 15 is 0 Å². The van der Waals surface area contributed by atoms with Gasteiger partial charge in [-0.05, 0) is 42.4 Å². The molecule has 3 nitrogen and oxygen atoms in total. The summed E-state index contributed by atoms with van der Waals surface area (Å²) >= 11 is 0. The standard InChI is InChI=1S/C20H27FN2O/c1-5-14-6-7-16(18(21)12-14)19-17(20(2,3)4)13-22-23(19)15-8-10-24-11-9-15/h6-7,12-13,15H,5,8-11H2,1-4H3. The Morgan fingerprint density at radius 3 is 2.54 bits per heavy atom. The highest BCUT2D eigenvalue weighted by Gasteiger charge is 2.28. The molecule has 0 N–H and O–H groups in total. The van der Waals surface area contributed by atoms with E-state index in [-0.39, 0.29) is 17.3 Å². The van der Waals surface area contributed by atoms with Crippen LogP contribution in [0.1, 0.15) is 57.7 Å². The van der Waals surface area contributed by atoms with Crippen LogP contribution in [-0.2, 0) is 16.6 Å². The van der Waals surface area contributed by atoms with Crippen molar-refractivity contribution in [2.45, 2.75) is 58.4 Å². The van der Waals surface area contributed by atoms with Gasteiger partial charge in [0.25, 0.3) is 0 Å². The van der Waals surface area contributed by atoms with Crippen molar-refractivity contribution in [2.75, 3.05) is 13.2 Å². The van der Waals surface area contributed by atoms with Crippen LogP contribution in [-0.4, -0.2) is 23.0 Å². The predicted molar refractivity (Wildman–Crippen MR) is 94.8 cm³/mol. The van der Waals surface area contributed by atoms with Crippen LogP contribution in [0.4, 0.5) is 4.39 Å². The van der Waals surface area contributed by atoms with Crippen LogP contribution in [0.25, 0.3) is 11.3 Å². The third-order valence-electron chi connectivity index (χ3n) is 4.84. The Labute approximate surface area is 143 Å². The maximum atomic E-state index is 14.8. The number of aromatic nitrogens is 2. The first-order valence-corrected chi connectivity index (χ1v) is 8.86. The molecule has 0 unspecified atom stereocenters. The summed E-state index contributed by atoms with van der Waals surface area (Å²) in [4.78, 5) is 0. The fourth-order valence-electron chi connectivity index (χ4n) is 3.36. The minimum absolute atomic E-state index is 0.0887. The number of ether oxygens (including phenoxy) is 1. The Morgan fingerprint density at radius 1 is 1.25 bits per heavy atom. The third kappa shape index (κ3) is 3.25. The fourth-order valence-corrected chi connectivity index (χ4v) is 3.36. The number of halogens is 1. The molecule has 0 bridgehead atoms. The van der Waals surface area contributed by atoms with Gasteiger partial charge in [0.1, 0.15) is 5.82 Å². The molecule has 2 aromatic rings. The number of rotatable bonds is 3. The highest BCUT2D eigenvalue weighted by molar-refractivity contribution is 5.66. The second kappa shape index (κ2) is 6.67. The number of hydrogen-bond donors (Lipinski definition) is 0. The molecule has 3 rings (SSSR count). The molecule has 4 heteroatoms. The first-order chi connectivity index (χ1) is 11.4. The lowest BCUT2D eigenvalue weighted by Gasteiger charge is -2.26. The minimum atomic E-state index is -0.159. The molecule has 2 heterocycles. The van der Waals surface area contributed by atoms with E-state index in [1.54, 1.807) is 6.07 Å². The van der Waals surface area contributed by atoms with Gasteiger partial charge >= 0.3 is 0 Å². The van der Waals surface area contributed by atoms with Crippen molar-refractivity contribution in [1.82, 2.24) is 9.78 Å². The molecule has 0 saturated carbocycles. The van der Waals surface area contributed by atoms with Crippen molar-refractivity contribution < 1.29 is 9.13 Å². The van der Waals surface area contributed by atoms with Gasteiger partial charge in [-0.1, -0.05) is 33.8 Å². The first-order valence-electron chi connectivity index (χ1n) is 8.86. The molecule has 0 atom stereocenters. The molecule has 1 fully saturated rings. The highest BCUT2D eigenvalue weighted by atomic mass is 19.1. The van der Waals surface area contributed by atoms with Gasteiger partial charge in [-0.2, -0.15) is 5.10 Å². The maximum absolute atomic E-state index is 14.8. The van der Waals surface area contributed by atoms with Crippen LogP contribution in [0.15, 0.2) is 24.4 Å². The van der Waals surface area contributed by atoms with Crippen molar-refractivity contribution in [2.24, 2.45) is 0 Å². The molecule has 24 heavy (non-hydrogen) atoms. The Morgan fingerprint density at radius 2 is 1.96 bits per heavy atom. The van der Waals surface area contributed by atoms with E-state index in [9.17, 15) is 4.39 Å². The largest absolute Gasteiger partial charge is 0.381 e. The Balaban J connectivity index is 2.14. The maximum Gasteiger partial charge on any atom is 0.132 e. The van der Waals surface area contributed by atoms with Gasteiger partial charge in [0.2, 0.25) is 0 Å². The summed E-state index contributed by atoms with van der Waals surface area (Å²) in [6.45, 7) is 9.99. The van der Waals surface area contributed by atoms with Gasteiger partial charge in [0.15, 0.2) is 0 Å². The van der Waals surface area contributed by atoms with Crippen molar-refractivity contribution in [3.63, 3.8) is 0 Å². The van der Waals surface area contributed by atoms with Crippen molar-refractivity contribution in [1.29, 1.82) is 0 Å². The van der Waals surface area contributed by atoms with Crippen LogP contribution in [0.3, 0.4) is 0 Å². The van der Waals surface area contributed by atoms with Crippen LogP contribution in [0.5, 0.6) is 0 Å². The summed E-state index contributed by atoms with van der Waals surface area (Å²) in [7, 11) is 0. The summed E-state index contributed by atoms with van der Waals surface area (Å²) in [6.07, 6.45) is 4.60. The quantitative estimate of drug-likeness (QED) is 0.800. The zero-order valence-electron chi connectivity index (χ0n) is 15.1. The van der Waals surface area contributed by atoms with E-state index in [2.05, 4.69) is 25.9 Å². The summed E-state index contributed by atoms with van der Waals surface area (Å²) in [6, 6.07) is 5.86. The van der Waals surface area contributed by atoms with Crippen LogP contribution in [0, 0.1) is 5.82 Å². The summed E-state index contributed by atoms with van der Waals surface area (Å²) in [5.74, 6) is -0.159. The number of nitrogens with zero attached hydrogens (tertiary/aromatic N) is 2. The lowest BCUT2D eigenvalue weighted by molar-refractivity contribution is 0.0667. The van der Waals surface area contributed by atoms with E-state index < -0.39 is 0 Å². The van der Waals surface area contributed by atoms with Crippen molar-refractivity contribution in [3.05, 3.63) is 41.3 Å². The highest BCUT2D eigenvalue weighted by Crippen LogP contribution is 2.37. The van der Waals surface area contributed by atoms with E-state index in [1.807, 2.05) is 29.9 Å². The normalized spacial score (nSPS) is 16.5. The summed E-state index contributed by atoms with van der Waals surface area (Å²) in [5.41, 5.74) is 3.60. The predicted octanol–water partition coefficient (Wildman–Crippen LogP) is 4.90. The lowest BCUT2D eigenvalue weighted by atomic mass is 9.85. The van der Waals surface area contributed by atoms with Crippen LogP contribution < -0.4 is 0 Å². The monoisotopic (exact) mass is 330 g/mol. The minimum Gasteiger partial charge on any atom is -0.381 e. The van der Waals surface area contributed by atoms with E-state index in [0.717, 1.165) is 49.3 Å². The molecule has 1 aliphatic heterocycles. The molecule has 1 aromatic heterocycles. The molecule has 1 aromatic carbocycles. The van der Waals surface area contributed by atoms with E-state index in [0.29, 0.717) is 5.56 Å².